The quantitative estimate of drug-likeness (QED) is 0.859. The summed E-state index contributed by atoms with van der Waals surface area (Å²) >= 11 is 0. The van der Waals surface area contributed by atoms with Gasteiger partial charge in [-0.15, -0.1) is 0 Å². The van der Waals surface area contributed by atoms with Crippen molar-refractivity contribution in [2.75, 3.05) is 19.8 Å². The molecular weight excluding hydrogens is 250 g/mol. The van der Waals surface area contributed by atoms with E-state index < -0.39 is 0 Å². The predicted octanol–water partition coefficient (Wildman–Crippen LogP) is 1.61. The molecule has 1 aliphatic rings. The molecule has 0 amide bonds. The van der Waals surface area contributed by atoms with E-state index in [-0.39, 0.29) is 24.0 Å². The fourth-order valence-corrected chi connectivity index (χ4v) is 3.52. The van der Waals surface area contributed by atoms with E-state index in [1.165, 1.54) is 5.56 Å². The van der Waals surface area contributed by atoms with Crippen LogP contribution in [0.25, 0.3) is 0 Å². The van der Waals surface area contributed by atoms with Crippen molar-refractivity contribution in [3.05, 3.63) is 35.9 Å². The van der Waals surface area contributed by atoms with Crippen molar-refractivity contribution >= 4 is 0 Å². The van der Waals surface area contributed by atoms with Crippen molar-refractivity contribution in [1.82, 2.24) is 0 Å². The maximum absolute atomic E-state index is 9.85. The minimum absolute atomic E-state index is 0.00491. The number of benzene rings is 1. The van der Waals surface area contributed by atoms with E-state index in [1.54, 1.807) is 0 Å². The van der Waals surface area contributed by atoms with Crippen LogP contribution in [0.1, 0.15) is 32.3 Å². The van der Waals surface area contributed by atoms with Crippen molar-refractivity contribution in [2.45, 2.75) is 38.2 Å². The van der Waals surface area contributed by atoms with Crippen LogP contribution in [0, 0.1) is 11.8 Å². The van der Waals surface area contributed by atoms with Gasteiger partial charge in [-0.25, -0.2) is 0 Å². The predicted molar refractivity (Wildman–Crippen MR) is 80.3 cm³/mol. The highest BCUT2D eigenvalue weighted by Gasteiger charge is 2.45. The number of quaternary nitrogens is 1. The molecule has 3 atom stereocenters. The van der Waals surface area contributed by atoms with Gasteiger partial charge in [0.25, 0.3) is 0 Å². The molecule has 20 heavy (non-hydrogen) atoms. The molecule has 1 aliphatic heterocycles. The van der Waals surface area contributed by atoms with Crippen molar-refractivity contribution < 1.29 is 15.6 Å². The van der Waals surface area contributed by atoms with Crippen LogP contribution >= 0.6 is 0 Å². The van der Waals surface area contributed by atoms with Gasteiger partial charge in [-0.3, -0.25) is 0 Å². The summed E-state index contributed by atoms with van der Waals surface area (Å²) in [5, 5.41) is 9.85. The SMILES string of the molecule is CC(C)[C@H]1C[C@@](c2ccccc2)([C@@H](C[NH3+])CO)CCO1. The highest BCUT2D eigenvalue weighted by atomic mass is 16.5. The van der Waals surface area contributed by atoms with Gasteiger partial charge in [0.1, 0.15) is 0 Å². The average molecular weight is 278 g/mol. The summed E-state index contributed by atoms with van der Waals surface area (Å²) in [4.78, 5) is 0. The smallest absolute Gasteiger partial charge is 0.0799 e. The fourth-order valence-electron chi connectivity index (χ4n) is 3.52. The molecule has 1 aromatic carbocycles. The van der Waals surface area contributed by atoms with Crippen LogP contribution in [-0.4, -0.2) is 31.0 Å². The third kappa shape index (κ3) is 2.90. The minimum atomic E-state index is 0.00491. The van der Waals surface area contributed by atoms with E-state index in [4.69, 9.17) is 4.74 Å². The highest BCUT2D eigenvalue weighted by Crippen LogP contribution is 2.44. The van der Waals surface area contributed by atoms with Crippen LogP contribution in [0.2, 0.25) is 0 Å². The standard InChI is InChI=1S/C17H27NO2/c1-13(2)16-10-17(8-9-20-16,15(11-18)12-19)14-6-4-3-5-7-14/h3-7,13,15-16,19H,8-12,18H2,1-2H3/p+1/t15-,16+,17-/m0/s1. The number of aliphatic hydroxyl groups excluding tert-OH is 1. The molecule has 2 rings (SSSR count). The Hall–Kier alpha value is -0.900. The lowest BCUT2D eigenvalue weighted by Gasteiger charge is -2.46. The van der Waals surface area contributed by atoms with Gasteiger partial charge in [-0.05, 0) is 24.3 Å². The zero-order chi connectivity index (χ0) is 14.6. The van der Waals surface area contributed by atoms with Crippen LogP contribution < -0.4 is 5.73 Å². The molecule has 0 spiro atoms. The largest absolute Gasteiger partial charge is 0.396 e. The topological polar surface area (TPSA) is 57.1 Å². The maximum atomic E-state index is 9.85. The zero-order valence-corrected chi connectivity index (χ0v) is 12.7. The van der Waals surface area contributed by atoms with Crippen molar-refractivity contribution in [3.8, 4) is 0 Å². The Morgan fingerprint density at radius 3 is 2.60 bits per heavy atom. The molecule has 4 N–H and O–H groups in total. The van der Waals surface area contributed by atoms with Crippen LogP contribution in [0.15, 0.2) is 30.3 Å². The molecule has 1 saturated heterocycles. The van der Waals surface area contributed by atoms with Crippen LogP contribution in [0.4, 0.5) is 0 Å². The molecule has 0 aromatic heterocycles. The van der Waals surface area contributed by atoms with Crippen LogP contribution in [0.5, 0.6) is 0 Å². The molecule has 1 aromatic rings. The summed E-state index contributed by atoms with van der Waals surface area (Å²) in [6.45, 7) is 6.15. The van der Waals surface area contributed by atoms with E-state index in [9.17, 15) is 5.11 Å². The van der Waals surface area contributed by atoms with Gasteiger partial charge in [0.05, 0.1) is 19.3 Å². The van der Waals surface area contributed by atoms with Gasteiger partial charge in [0.15, 0.2) is 0 Å². The van der Waals surface area contributed by atoms with Gasteiger partial charge < -0.3 is 15.6 Å². The molecule has 0 radical (unpaired) electrons. The van der Waals surface area contributed by atoms with Gasteiger partial charge in [0, 0.05) is 17.9 Å². The fraction of sp³-hybridized carbons (Fsp3) is 0.647. The van der Waals surface area contributed by atoms with E-state index >= 15 is 0 Å². The third-order valence-electron chi connectivity index (χ3n) is 4.89. The average Bonchev–Trinajstić information content (AvgIpc) is 2.49. The Morgan fingerprint density at radius 1 is 1.35 bits per heavy atom. The first-order valence-corrected chi connectivity index (χ1v) is 7.71. The van der Waals surface area contributed by atoms with Crippen molar-refractivity contribution in [3.63, 3.8) is 0 Å². The molecular formula is C17H28NO2+. The molecule has 1 heterocycles. The van der Waals surface area contributed by atoms with Gasteiger partial charge in [-0.2, -0.15) is 0 Å². The molecule has 0 bridgehead atoms. The Labute approximate surface area is 122 Å². The van der Waals surface area contributed by atoms with E-state index in [0.29, 0.717) is 5.92 Å². The Balaban J connectivity index is 2.39. The first-order chi connectivity index (χ1) is 9.64. The van der Waals surface area contributed by atoms with Gasteiger partial charge in [0.2, 0.25) is 0 Å². The number of hydrogen-bond acceptors (Lipinski definition) is 2. The molecule has 0 saturated carbocycles. The van der Waals surface area contributed by atoms with Crippen molar-refractivity contribution in [2.24, 2.45) is 11.8 Å². The number of rotatable bonds is 5. The molecule has 1 fully saturated rings. The lowest BCUT2D eigenvalue weighted by molar-refractivity contribution is -0.386. The van der Waals surface area contributed by atoms with E-state index in [0.717, 1.165) is 26.0 Å². The highest BCUT2D eigenvalue weighted by molar-refractivity contribution is 5.28. The first kappa shape index (κ1) is 15.5. The molecule has 0 aliphatic carbocycles. The minimum Gasteiger partial charge on any atom is -0.396 e. The summed E-state index contributed by atoms with van der Waals surface area (Å²) < 4.78 is 5.95. The molecule has 112 valence electrons. The van der Waals surface area contributed by atoms with Gasteiger partial charge >= 0.3 is 0 Å². The Kier molecular flexibility index (Phi) is 5.19. The van der Waals surface area contributed by atoms with Crippen molar-refractivity contribution in [1.29, 1.82) is 0 Å². The normalized spacial score (nSPS) is 28.6. The Bertz CT molecular complexity index is 403. The first-order valence-electron chi connectivity index (χ1n) is 7.71. The summed E-state index contributed by atoms with van der Waals surface area (Å²) in [5.41, 5.74) is 5.41. The lowest BCUT2D eigenvalue weighted by atomic mass is 9.63. The summed E-state index contributed by atoms with van der Waals surface area (Å²) in [6, 6.07) is 10.6. The maximum Gasteiger partial charge on any atom is 0.0799 e. The summed E-state index contributed by atoms with van der Waals surface area (Å²) in [6.07, 6.45) is 2.22. The molecule has 3 heteroatoms. The second kappa shape index (κ2) is 6.70. The molecule has 0 unspecified atom stereocenters. The molecule has 3 nitrogen and oxygen atoms in total. The second-order valence-electron chi connectivity index (χ2n) is 6.30. The number of hydrogen-bond donors (Lipinski definition) is 2. The van der Waals surface area contributed by atoms with E-state index in [1.807, 2.05) is 0 Å². The number of aliphatic hydroxyl groups is 1. The Morgan fingerprint density at radius 2 is 2.05 bits per heavy atom. The second-order valence-corrected chi connectivity index (χ2v) is 6.30. The number of ether oxygens (including phenoxy) is 1. The van der Waals surface area contributed by atoms with Crippen LogP contribution in [-0.2, 0) is 10.2 Å². The zero-order valence-electron chi connectivity index (χ0n) is 12.7. The van der Waals surface area contributed by atoms with Gasteiger partial charge in [-0.1, -0.05) is 44.2 Å². The summed E-state index contributed by atoms with van der Waals surface area (Å²) in [5.74, 6) is 0.706. The van der Waals surface area contributed by atoms with Crippen LogP contribution in [0.3, 0.4) is 0 Å². The van der Waals surface area contributed by atoms with E-state index in [2.05, 4.69) is 49.9 Å². The lowest BCUT2D eigenvalue weighted by Crippen LogP contribution is -2.60. The monoisotopic (exact) mass is 278 g/mol. The third-order valence-corrected chi connectivity index (χ3v) is 4.89. The summed E-state index contributed by atoms with van der Waals surface area (Å²) in [7, 11) is 0.